The molecule has 0 radical (unpaired) electrons. The molecule has 1 aromatic carbocycles. The lowest BCUT2D eigenvalue weighted by Crippen LogP contribution is -2.05. The first-order valence-corrected chi connectivity index (χ1v) is 4.49. The Hall–Kier alpha value is -1.62. The standard InChI is InChI=1S/C9H8ClNO4/c1-5(12)9(10)8-6(11(14)15)3-2-4-7(8)13/h2-4,9,13H,1H3. The van der Waals surface area contributed by atoms with Crippen molar-refractivity contribution in [1.82, 2.24) is 0 Å². The van der Waals surface area contributed by atoms with Crippen molar-refractivity contribution in [1.29, 1.82) is 0 Å². The van der Waals surface area contributed by atoms with Gasteiger partial charge in [-0.3, -0.25) is 14.9 Å². The number of phenols is 1. The molecule has 0 amide bonds. The van der Waals surface area contributed by atoms with Crippen molar-refractivity contribution in [2.45, 2.75) is 12.3 Å². The largest absolute Gasteiger partial charge is 0.507 e. The van der Waals surface area contributed by atoms with E-state index < -0.39 is 16.1 Å². The van der Waals surface area contributed by atoms with Crippen molar-refractivity contribution in [3.05, 3.63) is 33.9 Å². The molecule has 0 spiro atoms. The zero-order valence-electron chi connectivity index (χ0n) is 7.81. The molecule has 1 atom stereocenters. The van der Waals surface area contributed by atoms with E-state index >= 15 is 0 Å². The third kappa shape index (κ3) is 2.24. The predicted octanol–water partition coefficient (Wildman–Crippen LogP) is 2.17. The fourth-order valence-corrected chi connectivity index (χ4v) is 1.39. The van der Waals surface area contributed by atoms with Crippen LogP contribution in [0.1, 0.15) is 17.9 Å². The number of rotatable bonds is 3. The number of nitro benzene ring substituents is 1. The highest BCUT2D eigenvalue weighted by Gasteiger charge is 2.26. The molecule has 0 heterocycles. The summed E-state index contributed by atoms with van der Waals surface area (Å²) in [5.74, 6) is -0.805. The van der Waals surface area contributed by atoms with Crippen LogP contribution >= 0.6 is 11.6 Å². The lowest BCUT2D eigenvalue weighted by atomic mass is 10.1. The van der Waals surface area contributed by atoms with Gasteiger partial charge in [-0.2, -0.15) is 0 Å². The van der Waals surface area contributed by atoms with E-state index in [4.69, 9.17) is 11.6 Å². The number of aromatic hydroxyl groups is 1. The van der Waals surface area contributed by atoms with Gasteiger partial charge in [0.25, 0.3) is 5.69 Å². The Labute approximate surface area is 90.4 Å². The van der Waals surface area contributed by atoms with Crippen LogP contribution in [-0.2, 0) is 4.79 Å². The number of hydrogen-bond acceptors (Lipinski definition) is 4. The van der Waals surface area contributed by atoms with Crippen LogP contribution in [0.15, 0.2) is 18.2 Å². The van der Waals surface area contributed by atoms with Gasteiger partial charge >= 0.3 is 0 Å². The molecule has 80 valence electrons. The Morgan fingerprint density at radius 3 is 2.67 bits per heavy atom. The van der Waals surface area contributed by atoms with E-state index in [0.717, 1.165) is 0 Å². The molecule has 0 fully saturated rings. The van der Waals surface area contributed by atoms with E-state index in [1.54, 1.807) is 0 Å². The van der Waals surface area contributed by atoms with Gasteiger partial charge in [0.15, 0.2) is 5.78 Å². The minimum absolute atomic E-state index is 0.156. The van der Waals surface area contributed by atoms with E-state index in [1.165, 1.54) is 25.1 Å². The highest BCUT2D eigenvalue weighted by Crippen LogP contribution is 2.36. The zero-order valence-corrected chi connectivity index (χ0v) is 8.56. The van der Waals surface area contributed by atoms with Crippen LogP contribution in [0.4, 0.5) is 5.69 Å². The average Bonchev–Trinajstić information content (AvgIpc) is 2.16. The number of hydrogen-bond donors (Lipinski definition) is 1. The molecule has 1 unspecified atom stereocenters. The summed E-state index contributed by atoms with van der Waals surface area (Å²) in [6.07, 6.45) is 0. The number of benzene rings is 1. The molecular formula is C9H8ClNO4. The van der Waals surface area contributed by atoms with Gasteiger partial charge in [0, 0.05) is 6.07 Å². The summed E-state index contributed by atoms with van der Waals surface area (Å²) in [5.41, 5.74) is -0.512. The molecule has 0 aliphatic carbocycles. The maximum Gasteiger partial charge on any atom is 0.278 e. The normalized spacial score (nSPS) is 12.1. The van der Waals surface area contributed by atoms with Crippen LogP contribution in [-0.4, -0.2) is 15.8 Å². The Bertz CT molecular complexity index is 419. The minimum Gasteiger partial charge on any atom is -0.507 e. The number of phenolic OH excluding ortho intramolecular Hbond substituents is 1. The number of alkyl halides is 1. The number of ketones is 1. The number of Topliss-reactive ketones (excluding diaryl/α,β-unsaturated/α-hetero) is 1. The number of halogens is 1. The Balaban J connectivity index is 3.37. The molecule has 6 heteroatoms. The van der Waals surface area contributed by atoms with E-state index in [0.29, 0.717) is 0 Å². The number of nitro groups is 1. The SMILES string of the molecule is CC(=O)C(Cl)c1c(O)cccc1[N+](=O)[O-]. The third-order valence-electron chi connectivity index (χ3n) is 1.87. The van der Waals surface area contributed by atoms with E-state index in [-0.39, 0.29) is 17.0 Å². The van der Waals surface area contributed by atoms with Crippen LogP contribution in [0, 0.1) is 10.1 Å². The lowest BCUT2D eigenvalue weighted by Gasteiger charge is -2.08. The number of carbonyl (C=O) groups excluding carboxylic acids is 1. The van der Waals surface area contributed by atoms with Gasteiger partial charge in [0.2, 0.25) is 0 Å². The topological polar surface area (TPSA) is 80.4 Å². The van der Waals surface area contributed by atoms with E-state index in [2.05, 4.69) is 0 Å². The summed E-state index contributed by atoms with van der Waals surface area (Å²) in [6.45, 7) is 1.20. The predicted molar refractivity (Wildman–Crippen MR) is 54.0 cm³/mol. The van der Waals surface area contributed by atoms with Gasteiger partial charge < -0.3 is 5.11 Å². The van der Waals surface area contributed by atoms with Crippen LogP contribution in [0.3, 0.4) is 0 Å². The summed E-state index contributed by atoms with van der Waals surface area (Å²) >= 11 is 5.68. The molecule has 0 aliphatic heterocycles. The second kappa shape index (κ2) is 4.27. The van der Waals surface area contributed by atoms with Gasteiger partial charge in [-0.05, 0) is 13.0 Å². The third-order valence-corrected chi connectivity index (χ3v) is 2.39. The second-order valence-corrected chi connectivity index (χ2v) is 3.38. The first-order valence-electron chi connectivity index (χ1n) is 4.06. The lowest BCUT2D eigenvalue weighted by molar-refractivity contribution is -0.385. The molecule has 0 saturated heterocycles. The molecule has 5 nitrogen and oxygen atoms in total. The molecule has 0 saturated carbocycles. The van der Waals surface area contributed by atoms with Gasteiger partial charge in [-0.1, -0.05) is 6.07 Å². The van der Waals surface area contributed by atoms with Gasteiger partial charge in [0.05, 0.1) is 10.5 Å². The van der Waals surface area contributed by atoms with Crippen molar-refractivity contribution in [2.24, 2.45) is 0 Å². The van der Waals surface area contributed by atoms with E-state index in [9.17, 15) is 20.0 Å². The first-order chi connectivity index (χ1) is 6.95. The number of carbonyl (C=O) groups is 1. The quantitative estimate of drug-likeness (QED) is 0.489. The molecule has 1 rings (SSSR count). The summed E-state index contributed by atoms with van der Waals surface area (Å²) in [7, 11) is 0. The van der Waals surface area contributed by atoms with Crippen LogP contribution in [0.2, 0.25) is 0 Å². The molecular weight excluding hydrogens is 222 g/mol. The second-order valence-electron chi connectivity index (χ2n) is 2.94. The molecule has 1 aromatic rings. The van der Waals surface area contributed by atoms with Crippen molar-refractivity contribution >= 4 is 23.1 Å². The number of nitrogens with zero attached hydrogens (tertiary/aromatic N) is 1. The monoisotopic (exact) mass is 229 g/mol. The molecule has 0 aliphatic rings. The van der Waals surface area contributed by atoms with Crippen LogP contribution < -0.4 is 0 Å². The van der Waals surface area contributed by atoms with E-state index in [1.807, 2.05) is 0 Å². The first kappa shape index (κ1) is 11.5. The maximum atomic E-state index is 11.0. The van der Waals surface area contributed by atoms with Gasteiger partial charge in [-0.15, -0.1) is 11.6 Å². The van der Waals surface area contributed by atoms with Gasteiger partial charge in [0.1, 0.15) is 11.1 Å². The Kier molecular flexibility index (Phi) is 3.26. The highest BCUT2D eigenvalue weighted by atomic mass is 35.5. The average molecular weight is 230 g/mol. The molecule has 15 heavy (non-hydrogen) atoms. The summed E-state index contributed by atoms with van der Waals surface area (Å²) in [5, 5.41) is 18.8. The fraction of sp³-hybridized carbons (Fsp3) is 0.222. The fourth-order valence-electron chi connectivity index (χ4n) is 1.16. The Morgan fingerprint density at radius 1 is 1.60 bits per heavy atom. The smallest absolute Gasteiger partial charge is 0.278 e. The molecule has 0 bridgehead atoms. The maximum absolute atomic E-state index is 11.0. The molecule has 0 aromatic heterocycles. The van der Waals surface area contributed by atoms with Crippen molar-refractivity contribution in [2.75, 3.05) is 0 Å². The highest BCUT2D eigenvalue weighted by molar-refractivity contribution is 6.31. The van der Waals surface area contributed by atoms with Crippen molar-refractivity contribution in [3.8, 4) is 5.75 Å². The summed E-state index contributed by atoms with van der Waals surface area (Å²) < 4.78 is 0. The van der Waals surface area contributed by atoms with Crippen molar-refractivity contribution in [3.63, 3.8) is 0 Å². The van der Waals surface area contributed by atoms with Gasteiger partial charge in [-0.25, -0.2) is 0 Å². The molecule has 1 N–H and O–H groups in total. The van der Waals surface area contributed by atoms with Crippen molar-refractivity contribution < 1.29 is 14.8 Å². The summed E-state index contributed by atoms with van der Waals surface area (Å²) in [4.78, 5) is 20.9. The zero-order chi connectivity index (χ0) is 11.6. The van der Waals surface area contributed by atoms with Crippen LogP contribution in [0.5, 0.6) is 5.75 Å². The Morgan fingerprint density at radius 2 is 2.20 bits per heavy atom. The summed E-state index contributed by atoms with van der Waals surface area (Å²) in [6, 6.07) is 3.76. The minimum atomic E-state index is -1.20. The van der Waals surface area contributed by atoms with Crippen LogP contribution in [0.25, 0.3) is 0 Å².